The van der Waals surface area contributed by atoms with Gasteiger partial charge in [-0.1, -0.05) is 24.2 Å². The SMILES string of the molecule is [2H]c1ccc2c3ccncc3c3cnccc3c2c1. The Hall–Kier alpha value is -2.48. The summed E-state index contributed by atoms with van der Waals surface area (Å²) in [6.07, 6.45) is 7.35. The molecule has 0 fully saturated rings. The van der Waals surface area contributed by atoms with Crippen LogP contribution in [0.1, 0.15) is 1.37 Å². The predicted molar refractivity (Wildman–Crippen MR) is 74.6 cm³/mol. The summed E-state index contributed by atoms with van der Waals surface area (Å²) >= 11 is 0. The largest absolute Gasteiger partial charge is 0.264 e. The van der Waals surface area contributed by atoms with Crippen LogP contribution < -0.4 is 0 Å². The summed E-state index contributed by atoms with van der Waals surface area (Å²) in [5.74, 6) is 0. The van der Waals surface area contributed by atoms with Gasteiger partial charge >= 0.3 is 0 Å². The molecule has 2 heterocycles. The first kappa shape index (κ1) is 8.59. The van der Waals surface area contributed by atoms with E-state index < -0.39 is 0 Å². The van der Waals surface area contributed by atoms with E-state index in [0.29, 0.717) is 6.04 Å². The van der Waals surface area contributed by atoms with Crippen LogP contribution >= 0.6 is 0 Å². The van der Waals surface area contributed by atoms with Crippen LogP contribution in [0.25, 0.3) is 32.3 Å². The Morgan fingerprint density at radius 1 is 0.667 bits per heavy atom. The molecule has 0 unspecified atom stereocenters. The van der Waals surface area contributed by atoms with Gasteiger partial charge in [0.15, 0.2) is 0 Å². The van der Waals surface area contributed by atoms with Crippen molar-refractivity contribution in [1.82, 2.24) is 9.97 Å². The van der Waals surface area contributed by atoms with Crippen LogP contribution in [0.5, 0.6) is 0 Å². The Morgan fingerprint density at radius 2 is 1.22 bits per heavy atom. The number of rotatable bonds is 0. The molecule has 18 heavy (non-hydrogen) atoms. The molecule has 0 aliphatic heterocycles. The van der Waals surface area contributed by atoms with Gasteiger partial charge in [0.1, 0.15) is 0 Å². The number of hydrogen-bond acceptors (Lipinski definition) is 2. The molecular weight excluding hydrogens is 220 g/mol. The number of nitrogens with zero attached hydrogens (tertiary/aromatic N) is 2. The van der Waals surface area contributed by atoms with Crippen LogP contribution in [-0.4, -0.2) is 9.97 Å². The normalized spacial score (nSPS) is 12.1. The van der Waals surface area contributed by atoms with Crippen molar-refractivity contribution in [3.63, 3.8) is 0 Å². The van der Waals surface area contributed by atoms with Crippen molar-refractivity contribution >= 4 is 32.3 Å². The van der Waals surface area contributed by atoms with E-state index in [0.717, 1.165) is 32.3 Å². The van der Waals surface area contributed by atoms with Gasteiger partial charge in [-0.3, -0.25) is 9.97 Å². The Balaban J connectivity index is 2.43. The molecule has 0 aliphatic rings. The minimum atomic E-state index is 0.527. The van der Waals surface area contributed by atoms with Crippen molar-refractivity contribution in [2.75, 3.05) is 0 Å². The molecule has 2 nitrogen and oxygen atoms in total. The summed E-state index contributed by atoms with van der Waals surface area (Å²) in [5.41, 5.74) is 0. The van der Waals surface area contributed by atoms with E-state index in [1.807, 2.05) is 42.7 Å². The standard InChI is InChI=1S/C16H10N2/c1-2-4-12-11(3-1)13-5-7-17-9-15(13)16-10-18-8-6-14(12)16/h1-10H/i1D. The van der Waals surface area contributed by atoms with E-state index in [9.17, 15) is 0 Å². The average Bonchev–Trinajstić information content (AvgIpc) is 2.47. The number of aromatic nitrogens is 2. The Bertz CT molecular complexity index is 896. The van der Waals surface area contributed by atoms with Crippen LogP contribution in [0.4, 0.5) is 0 Å². The zero-order valence-corrected chi connectivity index (χ0v) is 9.59. The molecule has 2 heteroatoms. The predicted octanol–water partition coefficient (Wildman–Crippen LogP) is 3.94. The monoisotopic (exact) mass is 231 g/mol. The summed E-state index contributed by atoms with van der Waals surface area (Å²) in [6, 6.07) is 10.3. The maximum Gasteiger partial charge on any atom is 0.0623 e. The molecule has 0 saturated heterocycles. The van der Waals surface area contributed by atoms with Crippen molar-refractivity contribution in [3.8, 4) is 0 Å². The van der Waals surface area contributed by atoms with E-state index in [-0.39, 0.29) is 0 Å². The van der Waals surface area contributed by atoms with Crippen molar-refractivity contribution < 1.29 is 1.37 Å². The fourth-order valence-corrected chi connectivity index (χ4v) is 2.58. The van der Waals surface area contributed by atoms with Gasteiger partial charge in [0.25, 0.3) is 0 Å². The highest BCUT2D eigenvalue weighted by Gasteiger charge is 2.07. The minimum Gasteiger partial charge on any atom is -0.264 e. The number of pyridine rings is 2. The highest BCUT2D eigenvalue weighted by atomic mass is 14.6. The molecule has 0 saturated carbocycles. The lowest BCUT2D eigenvalue weighted by atomic mass is 9.97. The topological polar surface area (TPSA) is 25.8 Å². The molecule has 0 spiro atoms. The van der Waals surface area contributed by atoms with Crippen LogP contribution in [0.3, 0.4) is 0 Å². The molecule has 0 radical (unpaired) electrons. The van der Waals surface area contributed by atoms with E-state index in [4.69, 9.17) is 1.37 Å². The fraction of sp³-hybridized carbons (Fsp3) is 0. The summed E-state index contributed by atoms with van der Waals surface area (Å²) in [5, 5.41) is 6.74. The van der Waals surface area contributed by atoms with E-state index in [1.165, 1.54) is 0 Å². The second-order valence-electron chi connectivity index (χ2n) is 4.31. The molecule has 0 N–H and O–H groups in total. The molecule has 0 amide bonds. The van der Waals surface area contributed by atoms with Gasteiger partial charge < -0.3 is 0 Å². The smallest absolute Gasteiger partial charge is 0.0623 e. The molecule has 84 valence electrons. The van der Waals surface area contributed by atoms with Crippen LogP contribution in [0.2, 0.25) is 0 Å². The summed E-state index contributed by atoms with van der Waals surface area (Å²) < 4.78 is 7.83. The molecule has 0 atom stereocenters. The first-order valence-corrected chi connectivity index (χ1v) is 5.84. The van der Waals surface area contributed by atoms with Crippen molar-refractivity contribution in [3.05, 3.63) is 61.2 Å². The maximum absolute atomic E-state index is 7.83. The fourth-order valence-electron chi connectivity index (χ4n) is 2.58. The van der Waals surface area contributed by atoms with Crippen molar-refractivity contribution in [1.29, 1.82) is 0 Å². The molecule has 2 aromatic carbocycles. The third-order valence-electron chi connectivity index (χ3n) is 3.38. The maximum atomic E-state index is 7.83. The van der Waals surface area contributed by atoms with Crippen molar-refractivity contribution in [2.45, 2.75) is 0 Å². The van der Waals surface area contributed by atoms with E-state index in [1.54, 1.807) is 12.4 Å². The lowest BCUT2D eigenvalue weighted by Crippen LogP contribution is -1.84. The lowest BCUT2D eigenvalue weighted by molar-refractivity contribution is 1.35. The summed E-state index contributed by atoms with van der Waals surface area (Å²) in [4.78, 5) is 8.44. The third kappa shape index (κ3) is 1.17. The molecular formula is C16H10N2. The van der Waals surface area contributed by atoms with Crippen LogP contribution in [0, 0.1) is 0 Å². The zero-order chi connectivity index (χ0) is 12.8. The first-order valence-electron chi connectivity index (χ1n) is 6.34. The number of benzene rings is 2. The van der Waals surface area contributed by atoms with Gasteiger partial charge in [0.2, 0.25) is 0 Å². The second kappa shape index (κ2) is 3.50. The highest BCUT2D eigenvalue weighted by molar-refractivity contribution is 6.24. The van der Waals surface area contributed by atoms with Gasteiger partial charge in [-0.2, -0.15) is 0 Å². The van der Waals surface area contributed by atoms with Crippen LogP contribution in [0.15, 0.2) is 61.2 Å². The van der Waals surface area contributed by atoms with Crippen molar-refractivity contribution in [2.24, 2.45) is 0 Å². The van der Waals surface area contributed by atoms with Gasteiger partial charge in [-0.25, -0.2) is 0 Å². The Kier molecular flexibility index (Phi) is 1.67. The lowest BCUT2D eigenvalue weighted by Gasteiger charge is -2.08. The summed E-state index contributed by atoms with van der Waals surface area (Å²) in [7, 11) is 0. The highest BCUT2D eigenvalue weighted by Crippen LogP contribution is 2.33. The zero-order valence-electron chi connectivity index (χ0n) is 10.6. The van der Waals surface area contributed by atoms with Gasteiger partial charge in [0.05, 0.1) is 1.37 Å². The van der Waals surface area contributed by atoms with Gasteiger partial charge in [-0.15, -0.1) is 0 Å². The van der Waals surface area contributed by atoms with E-state index >= 15 is 0 Å². The molecule has 0 bridgehead atoms. The Morgan fingerprint density at radius 3 is 1.89 bits per heavy atom. The molecule has 4 aromatic rings. The number of fused-ring (bicyclic) bond motifs is 6. The number of hydrogen-bond donors (Lipinski definition) is 0. The van der Waals surface area contributed by atoms with Crippen LogP contribution in [-0.2, 0) is 0 Å². The van der Waals surface area contributed by atoms with Gasteiger partial charge in [-0.05, 0) is 33.7 Å². The van der Waals surface area contributed by atoms with E-state index in [2.05, 4.69) is 9.97 Å². The average molecular weight is 231 g/mol. The third-order valence-corrected chi connectivity index (χ3v) is 3.38. The first-order chi connectivity index (χ1) is 9.34. The molecule has 2 aromatic heterocycles. The molecule has 0 aliphatic carbocycles. The summed E-state index contributed by atoms with van der Waals surface area (Å²) in [6.45, 7) is 0. The quantitative estimate of drug-likeness (QED) is 0.428. The Labute approximate surface area is 105 Å². The minimum absolute atomic E-state index is 0.527. The molecule has 4 rings (SSSR count). The second-order valence-corrected chi connectivity index (χ2v) is 4.31. The van der Waals surface area contributed by atoms with Gasteiger partial charge in [0, 0.05) is 35.6 Å².